The van der Waals surface area contributed by atoms with Crippen LogP contribution in [0, 0.1) is 11.7 Å². The van der Waals surface area contributed by atoms with Gasteiger partial charge in [-0.3, -0.25) is 9.59 Å². The van der Waals surface area contributed by atoms with E-state index in [1.54, 1.807) is 18.2 Å². The first-order valence-corrected chi connectivity index (χ1v) is 13.4. The van der Waals surface area contributed by atoms with Crippen LogP contribution in [0.15, 0.2) is 42.5 Å². The van der Waals surface area contributed by atoms with Crippen LogP contribution in [0.25, 0.3) is 0 Å². The Bertz CT molecular complexity index is 1170. The number of nitrogens with one attached hydrogen (secondary N) is 1. The molecule has 0 aliphatic rings. The molecule has 0 spiro atoms. The molecule has 0 aromatic heterocycles. The summed E-state index contributed by atoms with van der Waals surface area (Å²) in [5.74, 6) is -1.83. The van der Waals surface area contributed by atoms with E-state index < -0.39 is 40.4 Å². The van der Waals surface area contributed by atoms with Gasteiger partial charge in [0.2, 0.25) is 11.8 Å². The summed E-state index contributed by atoms with van der Waals surface area (Å²) in [6, 6.07) is 9.06. The summed E-state index contributed by atoms with van der Waals surface area (Å²) in [6.45, 7) is 4.83. The lowest BCUT2D eigenvalue weighted by atomic mass is 10.1. The first kappa shape index (κ1) is 29.8. The lowest BCUT2D eigenvalue weighted by Gasteiger charge is -2.33. The van der Waals surface area contributed by atoms with E-state index in [4.69, 9.17) is 23.2 Å². The maximum Gasteiger partial charge on any atom is 0.304 e. The molecule has 0 fully saturated rings. The highest BCUT2D eigenvalue weighted by Gasteiger charge is 2.34. The van der Waals surface area contributed by atoms with E-state index in [2.05, 4.69) is 5.32 Å². The van der Waals surface area contributed by atoms with Crippen molar-refractivity contribution in [3.05, 3.63) is 63.9 Å². The minimum atomic E-state index is -4.27. The Balaban J connectivity index is 2.51. The number of carbonyl (C=O) groups excluding carboxylic acids is 2. The van der Waals surface area contributed by atoms with Crippen molar-refractivity contribution >= 4 is 50.9 Å². The van der Waals surface area contributed by atoms with Crippen molar-refractivity contribution in [1.82, 2.24) is 14.5 Å². The number of hydrogen-bond acceptors (Lipinski definition) is 4. The third kappa shape index (κ3) is 7.32. The summed E-state index contributed by atoms with van der Waals surface area (Å²) in [7, 11) is -1.72. The van der Waals surface area contributed by atoms with E-state index in [0.717, 1.165) is 10.4 Å². The zero-order valence-electron chi connectivity index (χ0n) is 20.8. The van der Waals surface area contributed by atoms with Gasteiger partial charge in [-0.1, -0.05) is 55.2 Å². The van der Waals surface area contributed by atoms with Gasteiger partial charge in [-0.05, 0) is 37.1 Å². The standard InChI is InChI=1S/C24H31Cl2FN4O4S/c1-16(2)13-28-24(33)17(3)30(14-18-19(25)9-8-10-20(18)26)23(32)15-31(36(34,35)29(4)5)22-12-7-6-11-21(22)27/h6-12,16-17H,13-15H2,1-5H3,(H,28,33). The summed E-state index contributed by atoms with van der Waals surface area (Å²) in [6.07, 6.45) is 0. The molecule has 8 nitrogen and oxygen atoms in total. The van der Waals surface area contributed by atoms with Crippen LogP contribution in [0.4, 0.5) is 10.1 Å². The number of halogens is 3. The molecule has 198 valence electrons. The average molecular weight is 562 g/mol. The molecule has 2 rings (SSSR count). The highest BCUT2D eigenvalue weighted by atomic mass is 35.5. The van der Waals surface area contributed by atoms with Gasteiger partial charge < -0.3 is 10.2 Å². The number of rotatable bonds is 11. The number of nitrogens with zero attached hydrogens (tertiary/aromatic N) is 3. The molecule has 1 unspecified atom stereocenters. The van der Waals surface area contributed by atoms with Gasteiger partial charge >= 0.3 is 10.2 Å². The first-order chi connectivity index (χ1) is 16.8. The molecule has 1 atom stereocenters. The van der Waals surface area contributed by atoms with Crippen LogP contribution in [0.5, 0.6) is 0 Å². The molecule has 0 saturated heterocycles. The van der Waals surface area contributed by atoms with E-state index in [-0.39, 0.29) is 28.2 Å². The van der Waals surface area contributed by atoms with Crippen molar-refractivity contribution in [2.45, 2.75) is 33.4 Å². The van der Waals surface area contributed by atoms with E-state index >= 15 is 0 Å². The summed E-state index contributed by atoms with van der Waals surface area (Å²) in [5.41, 5.74) is 0.0952. The van der Waals surface area contributed by atoms with Crippen molar-refractivity contribution in [2.75, 3.05) is 31.5 Å². The molecule has 36 heavy (non-hydrogen) atoms. The highest BCUT2D eigenvalue weighted by Crippen LogP contribution is 2.28. The predicted octanol–water partition coefficient (Wildman–Crippen LogP) is 3.93. The van der Waals surface area contributed by atoms with Gasteiger partial charge in [0.25, 0.3) is 0 Å². The zero-order valence-corrected chi connectivity index (χ0v) is 23.2. The third-order valence-corrected chi connectivity index (χ3v) is 7.90. The van der Waals surface area contributed by atoms with Crippen LogP contribution >= 0.6 is 23.2 Å². The molecular formula is C24H31Cl2FN4O4S. The Labute approximate surface area is 222 Å². The predicted molar refractivity (Wildman–Crippen MR) is 141 cm³/mol. The molecule has 0 bridgehead atoms. The minimum absolute atomic E-state index is 0.166. The quantitative estimate of drug-likeness (QED) is 0.450. The van der Waals surface area contributed by atoms with Crippen LogP contribution in [0.1, 0.15) is 26.3 Å². The summed E-state index contributed by atoms with van der Waals surface area (Å²) in [4.78, 5) is 27.7. The molecule has 0 radical (unpaired) electrons. The molecule has 0 saturated carbocycles. The molecule has 0 heterocycles. The Morgan fingerprint density at radius 1 is 1.00 bits per heavy atom. The van der Waals surface area contributed by atoms with E-state index in [9.17, 15) is 22.4 Å². The fraction of sp³-hybridized carbons (Fsp3) is 0.417. The van der Waals surface area contributed by atoms with Gasteiger partial charge in [-0.15, -0.1) is 0 Å². The number of amides is 2. The number of carbonyl (C=O) groups is 2. The molecule has 12 heteroatoms. The van der Waals surface area contributed by atoms with E-state index in [1.807, 2.05) is 13.8 Å². The van der Waals surface area contributed by atoms with Crippen LogP contribution in [-0.4, -0.2) is 62.7 Å². The Kier molecular flexibility index (Phi) is 10.5. The number of hydrogen-bond donors (Lipinski definition) is 1. The Morgan fingerprint density at radius 2 is 1.58 bits per heavy atom. The van der Waals surface area contributed by atoms with Crippen LogP contribution in [0.2, 0.25) is 10.0 Å². The van der Waals surface area contributed by atoms with Gasteiger partial charge in [0.15, 0.2) is 0 Å². The van der Waals surface area contributed by atoms with Crippen LogP contribution < -0.4 is 9.62 Å². The fourth-order valence-electron chi connectivity index (χ4n) is 3.24. The van der Waals surface area contributed by atoms with Gasteiger partial charge in [0, 0.05) is 42.8 Å². The lowest BCUT2D eigenvalue weighted by molar-refractivity contribution is -0.139. The number of para-hydroxylation sites is 1. The maximum absolute atomic E-state index is 14.7. The largest absolute Gasteiger partial charge is 0.354 e. The molecule has 2 aromatic rings. The molecule has 0 aliphatic carbocycles. The SMILES string of the molecule is CC(C)CNC(=O)C(C)N(Cc1c(Cl)cccc1Cl)C(=O)CN(c1ccccc1F)S(=O)(=O)N(C)C. The molecular weight excluding hydrogens is 530 g/mol. The second-order valence-corrected chi connectivity index (χ2v) is 11.7. The van der Waals surface area contributed by atoms with Gasteiger partial charge in [-0.25, -0.2) is 8.70 Å². The fourth-order valence-corrected chi connectivity index (χ4v) is 4.83. The maximum atomic E-state index is 14.7. The van der Waals surface area contributed by atoms with Gasteiger partial charge in [-0.2, -0.15) is 12.7 Å². The molecule has 2 aromatic carbocycles. The topological polar surface area (TPSA) is 90.0 Å². The number of benzene rings is 2. The average Bonchev–Trinajstić information content (AvgIpc) is 2.80. The molecule has 2 amide bonds. The normalized spacial score (nSPS) is 12.5. The Morgan fingerprint density at radius 3 is 2.11 bits per heavy atom. The smallest absolute Gasteiger partial charge is 0.304 e. The zero-order chi connectivity index (χ0) is 27.2. The van der Waals surface area contributed by atoms with Crippen molar-refractivity contribution in [2.24, 2.45) is 5.92 Å². The van der Waals surface area contributed by atoms with Gasteiger partial charge in [0.1, 0.15) is 18.4 Å². The second-order valence-electron chi connectivity index (χ2n) is 8.79. The monoisotopic (exact) mass is 560 g/mol. The van der Waals surface area contributed by atoms with E-state index in [1.165, 1.54) is 44.1 Å². The number of anilines is 1. The molecule has 1 N–H and O–H groups in total. The Hall–Kier alpha value is -2.40. The van der Waals surface area contributed by atoms with Crippen molar-refractivity contribution < 1.29 is 22.4 Å². The first-order valence-electron chi connectivity index (χ1n) is 11.2. The highest BCUT2D eigenvalue weighted by molar-refractivity contribution is 7.90. The summed E-state index contributed by atoms with van der Waals surface area (Å²) in [5, 5.41) is 3.34. The minimum Gasteiger partial charge on any atom is -0.354 e. The van der Waals surface area contributed by atoms with Crippen molar-refractivity contribution in [1.29, 1.82) is 0 Å². The lowest BCUT2D eigenvalue weighted by Crippen LogP contribution is -2.52. The van der Waals surface area contributed by atoms with Gasteiger partial charge in [0.05, 0.1) is 5.69 Å². The van der Waals surface area contributed by atoms with E-state index in [0.29, 0.717) is 16.4 Å². The molecule has 0 aliphatic heterocycles. The summed E-state index contributed by atoms with van der Waals surface area (Å²) >= 11 is 12.6. The van der Waals surface area contributed by atoms with Crippen molar-refractivity contribution in [3.8, 4) is 0 Å². The van der Waals surface area contributed by atoms with Crippen LogP contribution in [-0.2, 0) is 26.3 Å². The van der Waals surface area contributed by atoms with Crippen molar-refractivity contribution in [3.63, 3.8) is 0 Å². The van der Waals surface area contributed by atoms with Crippen LogP contribution in [0.3, 0.4) is 0 Å². The second kappa shape index (κ2) is 12.7. The summed E-state index contributed by atoms with van der Waals surface area (Å²) < 4.78 is 42.4. The third-order valence-electron chi connectivity index (χ3n) is 5.38.